The number of carbonyl (C=O) groups is 2. The number of likely N-dealkylation sites (tertiary alicyclic amines) is 1. The van der Waals surface area contributed by atoms with Gasteiger partial charge in [-0.3, -0.25) is 9.59 Å². The molecule has 0 unspecified atom stereocenters. The van der Waals surface area contributed by atoms with Gasteiger partial charge in [-0.2, -0.15) is 0 Å². The van der Waals surface area contributed by atoms with Crippen LogP contribution in [0.3, 0.4) is 0 Å². The van der Waals surface area contributed by atoms with Crippen LogP contribution in [0.25, 0.3) is 0 Å². The predicted molar refractivity (Wildman–Crippen MR) is 105 cm³/mol. The molecule has 0 spiro atoms. The van der Waals surface area contributed by atoms with Crippen LogP contribution in [-0.4, -0.2) is 54.5 Å². The molecule has 0 aromatic heterocycles. The second-order valence-corrected chi connectivity index (χ2v) is 7.90. The van der Waals surface area contributed by atoms with E-state index in [-0.39, 0.29) is 17.9 Å². The van der Waals surface area contributed by atoms with Crippen LogP contribution >= 0.6 is 0 Å². The maximum atomic E-state index is 12.5. The number of amides is 2. The van der Waals surface area contributed by atoms with Gasteiger partial charge in [-0.15, -0.1) is 0 Å². The van der Waals surface area contributed by atoms with E-state index in [2.05, 4.69) is 0 Å². The molecule has 2 fully saturated rings. The Morgan fingerprint density at radius 3 is 2.52 bits per heavy atom. The van der Waals surface area contributed by atoms with Crippen LogP contribution in [0.1, 0.15) is 50.5 Å². The van der Waals surface area contributed by atoms with Gasteiger partial charge in [0.1, 0.15) is 6.10 Å². The SMILES string of the molecule is CN(Cc1ccccc1)C(=O)CCC1CCN(C(=O)[C@@H]2CCCCO2)CC1. The minimum atomic E-state index is -0.219. The summed E-state index contributed by atoms with van der Waals surface area (Å²) in [5.74, 6) is 0.912. The standard InChI is InChI=1S/C22H32N2O3/c1-23(17-19-7-3-2-4-8-19)21(25)11-10-18-12-14-24(15-13-18)22(26)20-9-5-6-16-27-20/h2-4,7-8,18,20H,5-6,9-17H2,1H3/t20-/m0/s1. The number of piperidine rings is 1. The van der Waals surface area contributed by atoms with Crippen LogP contribution in [-0.2, 0) is 20.9 Å². The van der Waals surface area contributed by atoms with Crippen molar-refractivity contribution in [3.8, 4) is 0 Å². The maximum Gasteiger partial charge on any atom is 0.251 e. The van der Waals surface area contributed by atoms with Crippen LogP contribution in [0, 0.1) is 5.92 Å². The molecule has 2 aliphatic heterocycles. The highest BCUT2D eigenvalue weighted by Gasteiger charge is 2.30. The van der Waals surface area contributed by atoms with E-state index in [0.29, 0.717) is 25.5 Å². The number of carbonyl (C=O) groups excluding carboxylic acids is 2. The fraction of sp³-hybridized carbons (Fsp3) is 0.636. The molecule has 1 aromatic rings. The Hall–Kier alpha value is -1.88. The lowest BCUT2D eigenvalue weighted by molar-refractivity contribution is -0.148. The van der Waals surface area contributed by atoms with Gasteiger partial charge >= 0.3 is 0 Å². The van der Waals surface area contributed by atoms with Gasteiger partial charge < -0.3 is 14.5 Å². The van der Waals surface area contributed by atoms with Gasteiger partial charge in [0, 0.05) is 39.7 Å². The minimum Gasteiger partial charge on any atom is -0.368 e. The Morgan fingerprint density at radius 1 is 1.11 bits per heavy atom. The zero-order valence-corrected chi connectivity index (χ0v) is 16.4. The summed E-state index contributed by atoms with van der Waals surface area (Å²) >= 11 is 0. The van der Waals surface area contributed by atoms with Crippen molar-refractivity contribution in [2.24, 2.45) is 5.92 Å². The first-order chi connectivity index (χ1) is 13.1. The molecule has 5 heteroatoms. The molecule has 0 saturated carbocycles. The lowest BCUT2D eigenvalue weighted by atomic mass is 9.91. The van der Waals surface area contributed by atoms with Gasteiger partial charge in [0.05, 0.1) is 0 Å². The predicted octanol–water partition coefficient (Wildman–Crippen LogP) is 3.23. The Bertz CT molecular complexity index is 605. The van der Waals surface area contributed by atoms with Crippen LogP contribution < -0.4 is 0 Å². The third kappa shape index (κ3) is 5.80. The number of rotatable bonds is 6. The number of hydrogen-bond donors (Lipinski definition) is 0. The molecular formula is C22H32N2O3. The molecule has 0 N–H and O–H groups in total. The summed E-state index contributed by atoms with van der Waals surface area (Å²) in [6, 6.07) is 10.1. The largest absolute Gasteiger partial charge is 0.368 e. The van der Waals surface area contributed by atoms with Crippen molar-refractivity contribution in [2.45, 2.75) is 57.6 Å². The van der Waals surface area contributed by atoms with E-state index in [0.717, 1.165) is 57.2 Å². The van der Waals surface area contributed by atoms with E-state index in [9.17, 15) is 9.59 Å². The lowest BCUT2D eigenvalue weighted by Crippen LogP contribution is -2.45. The second kappa shape index (κ2) is 9.88. The van der Waals surface area contributed by atoms with Crippen molar-refractivity contribution < 1.29 is 14.3 Å². The Morgan fingerprint density at radius 2 is 1.85 bits per heavy atom. The summed E-state index contributed by atoms with van der Waals surface area (Å²) in [4.78, 5) is 28.7. The maximum absolute atomic E-state index is 12.5. The molecule has 2 aliphatic rings. The third-order valence-corrected chi connectivity index (χ3v) is 5.84. The Balaban J connectivity index is 1.36. The average molecular weight is 373 g/mol. The van der Waals surface area contributed by atoms with Crippen molar-refractivity contribution >= 4 is 11.8 Å². The molecule has 148 valence electrons. The van der Waals surface area contributed by atoms with Gasteiger partial charge in [-0.1, -0.05) is 30.3 Å². The van der Waals surface area contributed by atoms with Gasteiger partial charge in [-0.05, 0) is 50.0 Å². The highest BCUT2D eigenvalue weighted by molar-refractivity contribution is 5.81. The number of benzene rings is 1. The fourth-order valence-corrected chi connectivity index (χ4v) is 4.05. The van der Waals surface area contributed by atoms with Crippen molar-refractivity contribution in [2.75, 3.05) is 26.7 Å². The molecular weight excluding hydrogens is 340 g/mol. The molecule has 5 nitrogen and oxygen atoms in total. The molecule has 0 radical (unpaired) electrons. The van der Waals surface area contributed by atoms with Crippen molar-refractivity contribution in [3.63, 3.8) is 0 Å². The first-order valence-corrected chi connectivity index (χ1v) is 10.3. The summed E-state index contributed by atoms with van der Waals surface area (Å²) in [5.41, 5.74) is 1.16. The second-order valence-electron chi connectivity index (χ2n) is 7.90. The summed E-state index contributed by atoms with van der Waals surface area (Å²) in [5, 5.41) is 0. The monoisotopic (exact) mass is 372 g/mol. The number of hydrogen-bond acceptors (Lipinski definition) is 3. The molecule has 1 aromatic carbocycles. The van der Waals surface area contributed by atoms with E-state index < -0.39 is 0 Å². The summed E-state index contributed by atoms with van der Waals surface area (Å²) in [6.07, 6.45) is 6.30. The summed E-state index contributed by atoms with van der Waals surface area (Å²) in [6.45, 7) is 2.98. The molecule has 0 aliphatic carbocycles. The molecule has 1 atom stereocenters. The third-order valence-electron chi connectivity index (χ3n) is 5.84. The average Bonchev–Trinajstić information content (AvgIpc) is 2.73. The van der Waals surface area contributed by atoms with E-state index in [1.807, 2.05) is 47.2 Å². The Kier molecular flexibility index (Phi) is 7.27. The molecule has 3 rings (SSSR count). The first-order valence-electron chi connectivity index (χ1n) is 10.3. The number of ether oxygens (including phenoxy) is 1. The smallest absolute Gasteiger partial charge is 0.251 e. The zero-order chi connectivity index (χ0) is 19.1. The van der Waals surface area contributed by atoms with E-state index in [4.69, 9.17) is 4.74 Å². The molecule has 2 heterocycles. The number of nitrogens with zero attached hydrogens (tertiary/aromatic N) is 2. The minimum absolute atomic E-state index is 0.173. The van der Waals surface area contributed by atoms with Crippen LogP contribution in [0.5, 0.6) is 0 Å². The zero-order valence-electron chi connectivity index (χ0n) is 16.4. The van der Waals surface area contributed by atoms with Crippen LogP contribution in [0.15, 0.2) is 30.3 Å². The van der Waals surface area contributed by atoms with Crippen molar-refractivity contribution in [3.05, 3.63) is 35.9 Å². The molecule has 2 saturated heterocycles. The molecule has 0 bridgehead atoms. The van der Waals surface area contributed by atoms with E-state index in [1.54, 1.807) is 0 Å². The van der Waals surface area contributed by atoms with E-state index in [1.165, 1.54) is 0 Å². The molecule has 27 heavy (non-hydrogen) atoms. The van der Waals surface area contributed by atoms with E-state index >= 15 is 0 Å². The van der Waals surface area contributed by atoms with Crippen molar-refractivity contribution in [1.29, 1.82) is 0 Å². The van der Waals surface area contributed by atoms with Gasteiger partial charge in [0.15, 0.2) is 0 Å². The highest BCUT2D eigenvalue weighted by atomic mass is 16.5. The van der Waals surface area contributed by atoms with Crippen molar-refractivity contribution in [1.82, 2.24) is 9.80 Å². The van der Waals surface area contributed by atoms with Crippen LogP contribution in [0.2, 0.25) is 0 Å². The van der Waals surface area contributed by atoms with Crippen LogP contribution in [0.4, 0.5) is 0 Å². The normalized spacial score (nSPS) is 21.1. The highest BCUT2D eigenvalue weighted by Crippen LogP contribution is 2.24. The molecule has 2 amide bonds. The fourth-order valence-electron chi connectivity index (χ4n) is 4.05. The van der Waals surface area contributed by atoms with Gasteiger partial charge in [0.25, 0.3) is 5.91 Å². The first kappa shape index (κ1) is 19.9. The topological polar surface area (TPSA) is 49.9 Å². The summed E-state index contributed by atoms with van der Waals surface area (Å²) < 4.78 is 5.63. The van der Waals surface area contributed by atoms with Gasteiger partial charge in [0.2, 0.25) is 5.91 Å². The quantitative estimate of drug-likeness (QED) is 0.770. The van der Waals surface area contributed by atoms with Gasteiger partial charge in [-0.25, -0.2) is 0 Å². The lowest BCUT2D eigenvalue weighted by Gasteiger charge is -2.35. The summed E-state index contributed by atoms with van der Waals surface area (Å²) in [7, 11) is 1.88. The Labute approximate surface area is 162 Å².